The first kappa shape index (κ1) is 19.0. The van der Waals surface area contributed by atoms with Crippen molar-refractivity contribution in [1.82, 2.24) is 14.7 Å². The summed E-state index contributed by atoms with van der Waals surface area (Å²) in [6.45, 7) is 0.623. The molecule has 3 aromatic carbocycles. The minimum Gasteiger partial charge on any atom is -0.368 e. The molecule has 2 N–H and O–H groups in total. The molecule has 7 heteroatoms. The van der Waals surface area contributed by atoms with Gasteiger partial charge in [0.05, 0.1) is 10.4 Å². The number of nitrogens with one attached hydrogen (secondary N) is 2. The smallest absolute Gasteiger partial charge is 0.240 e. The highest BCUT2D eigenvalue weighted by Crippen LogP contribution is 2.24. The molecule has 1 heterocycles. The first-order valence-electron chi connectivity index (χ1n) is 9.24. The number of benzene rings is 3. The van der Waals surface area contributed by atoms with Crippen molar-refractivity contribution in [3.8, 4) is 11.4 Å². The van der Waals surface area contributed by atoms with Crippen LogP contribution in [-0.2, 0) is 10.0 Å². The van der Waals surface area contributed by atoms with Crippen molar-refractivity contribution in [1.29, 1.82) is 0 Å². The second kappa shape index (κ2) is 8.38. The van der Waals surface area contributed by atoms with Gasteiger partial charge in [-0.15, -0.1) is 0 Å². The number of hydrogen-bond donors (Lipinski definition) is 2. The third-order valence-corrected chi connectivity index (χ3v) is 5.88. The van der Waals surface area contributed by atoms with Gasteiger partial charge >= 0.3 is 0 Å². The molecule has 29 heavy (non-hydrogen) atoms. The zero-order chi connectivity index (χ0) is 20.1. The average molecular weight is 404 g/mol. The number of fused-ring (bicyclic) bond motifs is 1. The fraction of sp³-hybridized carbons (Fsp3) is 0.0909. The van der Waals surface area contributed by atoms with Crippen molar-refractivity contribution in [2.75, 3.05) is 18.4 Å². The van der Waals surface area contributed by atoms with E-state index in [-0.39, 0.29) is 11.4 Å². The first-order chi connectivity index (χ1) is 14.1. The molecule has 0 saturated heterocycles. The van der Waals surface area contributed by atoms with Crippen LogP contribution in [-0.4, -0.2) is 31.5 Å². The molecule has 0 unspecified atom stereocenters. The third kappa shape index (κ3) is 4.42. The number of hydrogen-bond acceptors (Lipinski definition) is 5. The van der Waals surface area contributed by atoms with Gasteiger partial charge in [-0.2, -0.15) is 0 Å². The molecule has 0 aliphatic rings. The van der Waals surface area contributed by atoms with E-state index in [1.807, 2.05) is 54.6 Å². The summed E-state index contributed by atoms with van der Waals surface area (Å²) < 4.78 is 27.3. The van der Waals surface area contributed by atoms with Gasteiger partial charge in [0.15, 0.2) is 5.82 Å². The van der Waals surface area contributed by atoms with Crippen LogP contribution in [0.4, 0.5) is 5.82 Å². The van der Waals surface area contributed by atoms with Crippen molar-refractivity contribution in [2.45, 2.75) is 4.90 Å². The number of nitrogens with zero attached hydrogens (tertiary/aromatic N) is 2. The van der Waals surface area contributed by atoms with Gasteiger partial charge in [0.25, 0.3) is 0 Å². The van der Waals surface area contributed by atoms with Crippen LogP contribution in [0.25, 0.3) is 22.3 Å². The van der Waals surface area contributed by atoms with Crippen LogP contribution in [0.1, 0.15) is 0 Å². The second-order valence-electron chi connectivity index (χ2n) is 6.42. The second-order valence-corrected chi connectivity index (χ2v) is 8.18. The summed E-state index contributed by atoms with van der Waals surface area (Å²) in [6.07, 6.45) is 0. The number of sulfonamides is 1. The Morgan fingerprint density at radius 2 is 1.38 bits per heavy atom. The molecule has 0 aliphatic carbocycles. The fourth-order valence-corrected chi connectivity index (χ4v) is 4.03. The Balaban J connectivity index is 1.52. The maximum absolute atomic E-state index is 12.3. The van der Waals surface area contributed by atoms with Crippen LogP contribution >= 0.6 is 0 Å². The Morgan fingerprint density at radius 3 is 2.14 bits per heavy atom. The largest absolute Gasteiger partial charge is 0.368 e. The lowest BCUT2D eigenvalue weighted by molar-refractivity contribution is 0.583. The summed E-state index contributed by atoms with van der Waals surface area (Å²) in [4.78, 5) is 9.56. The van der Waals surface area contributed by atoms with E-state index in [1.165, 1.54) is 0 Å². The molecule has 0 radical (unpaired) electrons. The molecule has 0 aliphatic heterocycles. The maximum Gasteiger partial charge on any atom is 0.240 e. The van der Waals surface area contributed by atoms with Crippen molar-refractivity contribution in [3.05, 3.63) is 84.9 Å². The van der Waals surface area contributed by atoms with E-state index in [9.17, 15) is 8.42 Å². The maximum atomic E-state index is 12.3. The van der Waals surface area contributed by atoms with Crippen molar-refractivity contribution < 1.29 is 8.42 Å². The molecule has 146 valence electrons. The van der Waals surface area contributed by atoms with E-state index < -0.39 is 10.0 Å². The monoisotopic (exact) mass is 404 g/mol. The quantitative estimate of drug-likeness (QED) is 0.459. The molecule has 0 amide bonds. The van der Waals surface area contributed by atoms with E-state index in [2.05, 4.69) is 20.0 Å². The Hall–Kier alpha value is -3.29. The molecular formula is C22H20N4O2S. The summed E-state index contributed by atoms with van der Waals surface area (Å²) in [5.74, 6) is 1.30. The summed E-state index contributed by atoms with van der Waals surface area (Å²) in [5, 5.41) is 4.13. The van der Waals surface area contributed by atoms with Gasteiger partial charge in [0, 0.05) is 24.0 Å². The molecule has 1 aromatic heterocycles. The van der Waals surface area contributed by atoms with Crippen LogP contribution in [0.5, 0.6) is 0 Å². The summed E-state index contributed by atoms with van der Waals surface area (Å²) in [6, 6.07) is 25.8. The molecule has 4 aromatic rings. The van der Waals surface area contributed by atoms with Crippen LogP contribution in [0.15, 0.2) is 89.8 Å². The Labute approximate surface area is 169 Å². The lowest BCUT2D eigenvalue weighted by Gasteiger charge is -2.12. The first-order valence-corrected chi connectivity index (χ1v) is 10.7. The van der Waals surface area contributed by atoms with Crippen LogP contribution in [0.2, 0.25) is 0 Å². The molecule has 0 atom stereocenters. The summed E-state index contributed by atoms with van der Waals surface area (Å²) in [5.41, 5.74) is 1.75. The molecule has 0 fully saturated rings. The molecule has 0 bridgehead atoms. The van der Waals surface area contributed by atoms with Gasteiger partial charge in [-0.3, -0.25) is 0 Å². The Morgan fingerprint density at radius 1 is 0.724 bits per heavy atom. The highest BCUT2D eigenvalue weighted by molar-refractivity contribution is 7.89. The van der Waals surface area contributed by atoms with Gasteiger partial charge in [-0.25, -0.2) is 23.1 Å². The summed E-state index contributed by atoms with van der Waals surface area (Å²) in [7, 11) is -3.53. The highest BCUT2D eigenvalue weighted by atomic mass is 32.2. The predicted molar refractivity (Wildman–Crippen MR) is 115 cm³/mol. The highest BCUT2D eigenvalue weighted by Gasteiger charge is 2.13. The lowest BCUT2D eigenvalue weighted by atomic mass is 10.2. The lowest BCUT2D eigenvalue weighted by Crippen LogP contribution is -2.29. The molecule has 0 spiro atoms. The normalized spacial score (nSPS) is 11.4. The van der Waals surface area contributed by atoms with E-state index in [0.717, 1.165) is 16.5 Å². The third-order valence-electron chi connectivity index (χ3n) is 4.40. The minimum absolute atomic E-state index is 0.232. The number of para-hydroxylation sites is 1. The number of rotatable bonds is 7. The zero-order valence-corrected chi connectivity index (χ0v) is 16.4. The van der Waals surface area contributed by atoms with E-state index >= 15 is 0 Å². The minimum atomic E-state index is -3.53. The van der Waals surface area contributed by atoms with Crippen molar-refractivity contribution in [2.24, 2.45) is 0 Å². The van der Waals surface area contributed by atoms with Crippen LogP contribution < -0.4 is 10.0 Å². The van der Waals surface area contributed by atoms with Gasteiger partial charge < -0.3 is 5.32 Å². The van der Waals surface area contributed by atoms with Gasteiger partial charge in [-0.1, -0.05) is 60.7 Å². The zero-order valence-electron chi connectivity index (χ0n) is 15.6. The molecular weight excluding hydrogens is 384 g/mol. The predicted octanol–water partition coefficient (Wildman–Crippen LogP) is 3.69. The van der Waals surface area contributed by atoms with Gasteiger partial charge in [0.1, 0.15) is 5.82 Å². The van der Waals surface area contributed by atoms with Gasteiger partial charge in [-0.05, 0) is 24.3 Å². The van der Waals surface area contributed by atoms with Crippen molar-refractivity contribution >= 4 is 26.7 Å². The van der Waals surface area contributed by atoms with E-state index in [0.29, 0.717) is 18.2 Å². The van der Waals surface area contributed by atoms with E-state index in [4.69, 9.17) is 0 Å². The fourth-order valence-electron chi connectivity index (χ4n) is 2.98. The van der Waals surface area contributed by atoms with Crippen LogP contribution in [0, 0.1) is 0 Å². The number of aromatic nitrogens is 2. The number of anilines is 1. The van der Waals surface area contributed by atoms with Crippen LogP contribution in [0.3, 0.4) is 0 Å². The topological polar surface area (TPSA) is 84.0 Å². The standard InChI is InChI=1S/C22H20N4O2S/c27-29(28,18-11-5-2-6-12-18)24-16-15-23-22-19-13-7-8-14-20(19)25-21(26-22)17-9-3-1-4-10-17/h1-14,24H,15-16H2,(H,23,25,26). The Kier molecular flexibility index (Phi) is 5.50. The molecule has 6 nitrogen and oxygen atoms in total. The Bertz CT molecular complexity index is 1210. The SMILES string of the molecule is O=S(=O)(NCCNc1nc(-c2ccccc2)nc2ccccc12)c1ccccc1. The molecule has 4 rings (SSSR count). The van der Waals surface area contributed by atoms with E-state index in [1.54, 1.807) is 30.3 Å². The van der Waals surface area contributed by atoms with Crippen molar-refractivity contribution in [3.63, 3.8) is 0 Å². The van der Waals surface area contributed by atoms with Gasteiger partial charge in [0.2, 0.25) is 10.0 Å². The summed E-state index contributed by atoms with van der Waals surface area (Å²) >= 11 is 0. The molecule has 0 saturated carbocycles. The average Bonchev–Trinajstić information content (AvgIpc) is 2.77.